The van der Waals surface area contributed by atoms with Crippen LogP contribution in [0.1, 0.15) is 37.0 Å². The summed E-state index contributed by atoms with van der Waals surface area (Å²) in [6.07, 6.45) is 1.44. The van der Waals surface area contributed by atoms with Gasteiger partial charge in [-0.2, -0.15) is 0 Å². The fraction of sp³-hybridized carbons (Fsp3) is 0.579. The standard InChI is InChI=1S/C19H28ClN3O3/c1-19(2,11-21)12-22(3)18(25)15-6-5-9-23(15)17(24)14-10-13(20)7-8-16(14)26-4/h7-8,10,15H,5-6,9,11-12,21H2,1-4H3. The number of nitrogens with zero attached hydrogens (tertiary/aromatic N) is 2. The number of carbonyl (C=O) groups excluding carboxylic acids is 2. The molecule has 2 N–H and O–H groups in total. The van der Waals surface area contributed by atoms with Crippen molar-refractivity contribution in [2.75, 3.05) is 33.8 Å². The van der Waals surface area contributed by atoms with E-state index in [9.17, 15) is 9.59 Å². The van der Waals surface area contributed by atoms with Gasteiger partial charge in [0, 0.05) is 25.2 Å². The molecule has 1 aliphatic rings. The van der Waals surface area contributed by atoms with Gasteiger partial charge in [0.15, 0.2) is 0 Å². The summed E-state index contributed by atoms with van der Waals surface area (Å²) in [5.74, 6) is 0.167. The molecule has 0 radical (unpaired) electrons. The molecule has 1 saturated heterocycles. The zero-order chi connectivity index (χ0) is 19.5. The normalized spacial score (nSPS) is 17.3. The number of hydrogen-bond donors (Lipinski definition) is 1. The minimum absolute atomic E-state index is 0.0571. The van der Waals surface area contributed by atoms with Crippen LogP contribution in [-0.4, -0.2) is 61.4 Å². The Bertz CT molecular complexity index is 678. The first kappa shape index (κ1) is 20.5. The van der Waals surface area contributed by atoms with Crippen LogP contribution < -0.4 is 10.5 Å². The van der Waals surface area contributed by atoms with E-state index in [1.807, 2.05) is 13.8 Å². The SMILES string of the molecule is COc1ccc(Cl)cc1C(=O)N1CCCC1C(=O)N(C)CC(C)(C)CN. The van der Waals surface area contributed by atoms with Crippen LogP contribution >= 0.6 is 11.6 Å². The summed E-state index contributed by atoms with van der Waals surface area (Å²) in [5.41, 5.74) is 5.98. The molecule has 2 rings (SSSR count). The molecule has 0 saturated carbocycles. The van der Waals surface area contributed by atoms with Crippen molar-refractivity contribution < 1.29 is 14.3 Å². The quantitative estimate of drug-likeness (QED) is 0.820. The van der Waals surface area contributed by atoms with Crippen LogP contribution in [-0.2, 0) is 4.79 Å². The van der Waals surface area contributed by atoms with E-state index in [1.165, 1.54) is 7.11 Å². The number of amides is 2. The van der Waals surface area contributed by atoms with Crippen molar-refractivity contribution in [1.29, 1.82) is 0 Å². The van der Waals surface area contributed by atoms with Gasteiger partial charge in [0.1, 0.15) is 11.8 Å². The smallest absolute Gasteiger partial charge is 0.258 e. The highest BCUT2D eigenvalue weighted by Gasteiger charge is 2.37. The topological polar surface area (TPSA) is 75.9 Å². The number of nitrogens with two attached hydrogens (primary N) is 1. The Kier molecular flexibility index (Phi) is 6.53. The van der Waals surface area contributed by atoms with Gasteiger partial charge in [-0.1, -0.05) is 25.4 Å². The predicted molar refractivity (Wildman–Crippen MR) is 103 cm³/mol. The van der Waals surface area contributed by atoms with E-state index in [4.69, 9.17) is 22.1 Å². The summed E-state index contributed by atoms with van der Waals surface area (Å²) in [6, 6.07) is 4.46. The van der Waals surface area contributed by atoms with Gasteiger partial charge in [-0.3, -0.25) is 9.59 Å². The van der Waals surface area contributed by atoms with Crippen molar-refractivity contribution in [3.05, 3.63) is 28.8 Å². The van der Waals surface area contributed by atoms with E-state index >= 15 is 0 Å². The molecule has 1 unspecified atom stereocenters. The first-order valence-corrected chi connectivity index (χ1v) is 9.17. The molecule has 6 nitrogen and oxygen atoms in total. The second-order valence-electron chi connectivity index (χ2n) is 7.56. The van der Waals surface area contributed by atoms with E-state index in [0.29, 0.717) is 42.4 Å². The van der Waals surface area contributed by atoms with E-state index in [0.717, 1.165) is 6.42 Å². The van der Waals surface area contributed by atoms with Crippen molar-refractivity contribution in [3.8, 4) is 5.75 Å². The summed E-state index contributed by atoms with van der Waals surface area (Å²) in [7, 11) is 3.27. The second kappa shape index (κ2) is 8.27. The van der Waals surface area contributed by atoms with E-state index in [1.54, 1.807) is 35.0 Å². The lowest BCUT2D eigenvalue weighted by Crippen LogP contribution is -2.49. The van der Waals surface area contributed by atoms with Gasteiger partial charge in [0.25, 0.3) is 5.91 Å². The molecule has 1 aromatic rings. The largest absolute Gasteiger partial charge is 0.496 e. The molecule has 144 valence electrons. The zero-order valence-electron chi connectivity index (χ0n) is 15.9. The molecular formula is C19H28ClN3O3. The number of likely N-dealkylation sites (N-methyl/N-ethyl adjacent to an activating group) is 1. The lowest BCUT2D eigenvalue weighted by Gasteiger charge is -2.33. The highest BCUT2D eigenvalue weighted by atomic mass is 35.5. The predicted octanol–water partition coefficient (Wildman–Crippen LogP) is 2.40. The molecule has 7 heteroatoms. The number of halogens is 1. The maximum Gasteiger partial charge on any atom is 0.258 e. The van der Waals surface area contributed by atoms with Crippen LogP contribution in [0.3, 0.4) is 0 Å². The van der Waals surface area contributed by atoms with Crippen LogP contribution in [0.2, 0.25) is 5.02 Å². The van der Waals surface area contributed by atoms with Crippen molar-refractivity contribution >= 4 is 23.4 Å². The third-order valence-corrected chi connectivity index (χ3v) is 5.02. The average molecular weight is 382 g/mol. The average Bonchev–Trinajstić information content (AvgIpc) is 3.09. The lowest BCUT2D eigenvalue weighted by molar-refractivity contribution is -0.135. The Labute approximate surface area is 160 Å². The number of rotatable bonds is 6. The molecule has 1 heterocycles. The third-order valence-electron chi connectivity index (χ3n) is 4.78. The number of benzene rings is 1. The Hall–Kier alpha value is -1.79. The lowest BCUT2D eigenvalue weighted by atomic mass is 9.93. The molecule has 0 bridgehead atoms. The van der Waals surface area contributed by atoms with Gasteiger partial charge in [0.2, 0.25) is 5.91 Å². The van der Waals surface area contributed by atoms with E-state index < -0.39 is 6.04 Å². The van der Waals surface area contributed by atoms with Crippen LogP contribution in [0.25, 0.3) is 0 Å². The molecule has 2 amide bonds. The molecule has 0 aromatic heterocycles. The van der Waals surface area contributed by atoms with Crippen LogP contribution in [0.15, 0.2) is 18.2 Å². The summed E-state index contributed by atoms with van der Waals surface area (Å²) >= 11 is 6.05. The molecule has 0 aliphatic carbocycles. The van der Waals surface area contributed by atoms with Gasteiger partial charge in [-0.15, -0.1) is 0 Å². The van der Waals surface area contributed by atoms with Crippen molar-refractivity contribution in [2.24, 2.45) is 11.1 Å². The molecule has 1 aromatic carbocycles. The van der Waals surface area contributed by atoms with Crippen molar-refractivity contribution in [1.82, 2.24) is 9.80 Å². The third kappa shape index (κ3) is 4.48. The summed E-state index contributed by atoms with van der Waals surface area (Å²) in [4.78, 5) is 29.3. The zero-order valence-corrected chi connectivity index (χ0v) is 16.7. The Morgan fingerprint density at radius 1 is 1.42 bits per heavy atom. The molecular weight excluding hydrogens is 354 g/mol. The monoisotopic (exact) mass is 381 g/mol. The maximum absolute atomic E-state index is 13.1. The highest BCUT2D eigenvalue weighted by molar-refractivity contribution is 6.31. The molecule has 26 heavy (non-hydrogen) atoms. The van der Waals surface area contributed by atoms with Gasteiger partial charge in [0.05, 0.1) is 12.7 Å². The molecule has 1 fully saturated rings. The fourth-order valence-corrected chi connectivity index (χ4v) is 3.48. The number of ether oxygens (including phenoxy) is 1. The summed E-state index contributed by atoms with van der Waals surface area (Å²) in [6.45, 7) is 5.61. The van der Waals surface area contributed by atoms with Gasteiger partial charge < -0.3 is 20.3 Å². The Morgan fingerprint density at radius 3 is 2.73 bits per heavy atom. The minimum Gasteiger partial charge on any atom is -0.496 e. The fourth-order valence-electron chi connectivity index (χ4n) is 3.31. The molecule has 0 spiro atoms. The second-order valence-corrected chi connectivity index (χ2v) is 8.00. The minimum atomic E-state index is -0.468. The summed E-state index contributed by atoms with van der Waals surface area (Å²) in [5, 5.41) is 0.457. The van der Waals surface area contributed by atoms with Crippen molar-refractivity contribution in [2.45, 2.75) is 32.7 Å². The number of likely N-dealkylation sites (tertiary alicyclic amines) is 1. The first-order chi connectivity index (χ1) is 12.2. The van der Waals surface area contributed by atoms with Crippen LogP contribution in [0.5, 0.6) is 5.75 Å². The van der Waals surface area contributed by atoms with Gasteiger partial charge in [-0.05, 0) is 43.0 Å². The van der Waals surface area contributed by atoms with E-state index in [-0.39, 0.29) is 17.2 Å². The van der Waals surface area contributed by atoms with E-state index in [2.05, 4.69) is 0 Å². The van der Waals surface area contributed by atoms with Crippen LogP contribution in [0.4, 0.5) is 0 Å². The Balaban J connectivity index is 2.21. The van der Waals surface area contributed by atoms with Gasteiger partial charge in [-0.25, -0.2) is 0 Å². The molecule has 1 aliphatic heterocycles. The number of methoxy groups -OCH3 is 1. The summed E-state index contributed by atoms with van der Waals surface area (Å²) < 4.78 is 5.29. The highest BCUT2D eigenvalue weighted by Crippen LogP contribution is 2.28. The Morgan fingerprint density at radius 2 is 2.12 bits per heavy atom. The molecule has 1 atom stereocenters. The van der Waals surface area contributed by atoms with Crippen LogP contribution in [0, 0.1) is 5.41 Å². The first-order valence-electron chi connectivity index (χ1n) is 8.79. The van der Waals surface area contributed by atoms with Gasteiger partial charge >= 0.3 is 0 Å². The van der Waals surface area contributed by atoms with Crippen molar-refractivity contribution in [3.63, 3.8) is 0 Å². The number of hydrogen-bond acceptors (Lipinski definition) is 4. The number of carbonyl (C=O) groups is 2. The maximum atomic E-state index is 13.1.